The average molecular weight is 187 g/mol. The fraction of sp³-hybridized carbons (Fsp3) is 0.900. The molecule has 0 heterocycles. The number of hydrogen-bond acceptors (Lipinski definition) is 2. The van der Waals surface area contributed by atoms with E-state index in [9.17, 15) is 4.79 Å². The third-order valence-electron chi connectivity index (χ3n) is 2.26. The third kappa shape index (κ3) is 6.43. The molecule has 0 saturated heterocycles. The van der Waals surface area contributed by atoms with E-state index in [0.717, 1.165) is 13.0 Å². The Labute approximate surface area is 80.8 Å². The van der Waals surface area contributed by atoms with Crippen LogP contribution in [0, 0.1) is 5.92 Å². The Morgan fingerprint density at radius 2 is 2.15 bits per heavy atom. The van der Waals surface area contributed by atoms with Crippen LogP contribution < -0.4 is 5.32 Å². The average Bonchev–Trinajstić information content (AvgIpc) is 2.17. The van der Waals surface area contributed by atoms with Crippen molar-refractivity contribution in [2.75, 3.05) is 13.7 Å². The van der Waals surface area contributed by atoms with E-state index in [0.29, 0.717) is 5.92 Å². The summed E-state index contributed by atoms with van der Waals surface area (Å²) in [6, 6.07) is 0. The van der Waals surface area contributed by atoms with E-state index < -0.39 is 0 Å². The molecule has 0 bridgehead atoms. The van der Waals surface area contributed by atoms with E-state index in [2.05, 4.69) is 23.9 Å². The minimum atomic E-state index is -0.324. The number of carbonyl (C=O) groups is 1. The Morgan fingerprint density at radius 3 is 2.62 bits per heavy atom. The van der Waals surface area contributed by atoms with Gasteiger partial charge in [0, 0.05) is 6.54 Å². The molecule has 3 heteroatoms. The Hall–Kier alpha value is -0.730. The largest absolute Gasteiger partial charge is 0.453 e. The fourth-order valence-corrected chi connectivity index (χ4v) is 1.24. The topological polar surface area (TPSA) is 38.3 Å². The zero-order valence-electron chi connectivity index (χ0n) is 8.93. The highest BCUT2D eigenvalue weighted by atomic mass is 16.5. The second kappa shape index (κ2) is 7.90. The lowest BCUT2D eigenvalue weighted by Gasteiger charge is -2.14. The van der Waals surface area contributed by atoms with Gasteiger partial charge in [0.15, 0.2) is 0 Å². The summed E-state index contributed by atoms with van der Waals surface area (Å²) in [5.74, 6) is 0.596. The van der Waals surface area contributed by atoms with Crippen LogP contribution >= 0.6 is 0 Å². The van der Waals surface area contributed by atoms with Gasteiger partial charge in [-0.15, -0.1) is 0 Å². The van der Waals surface area contributed by atoms with E-state index in [4.69, 9.17) is 0 Å². The summed E-state index contributed by atoms with van der Waals surface area (Å²) in [4.78, 5) is 10.8. The van der Waals surface area contributed by atoms with Crippen molar-refractivity contribution in [3.05, 3.63) is 0 Å². The molecule has 78 valence electrons. The molecule has 1 unspecified atom stereocenters. The lowest BCUT2D eigenvalue weighted by Crippen LogP contribution is -2.28. The number of amides is 1. The fourth-order valence-electron chi connectivity index (χ4n) is 1.24. The summed E-state index contributed by atoms with van der Waals surface area (Å²) < 4.78 is 4.50. The molecule has 0 aliphatic rings. The van der Waals surface area contributed by atoms with Crippen molar-refractivity contribution < 1.29 is 9.53 Å². The van der Waals surface area contributed by atoms with Gasteiger partial charge in [0.05, 0.1) is 7.11 Å². The van der Waals surface area contributed by atoms with Gasteiger partial charge >= 0.3 is 6.09 Å². The zero-order valence-corrected chi connectivity index (χ0v) is 8.93. The molecule has 1 N–H and O–H groups in total. The minimum absolute atomic E-state index is 0.324. The van der Waals surface area contributed by atoms with Crippen molar-refractivity contribution in [3.63, 3.8) is 0 Å². The number of methoxy groups -OCH3 is 1. The monoisotopic (exact) mass is 187 g/mol. The Kier molecular flexibility index (Phi) is 7.45. The quantitative estimate of drug-likeness (QED) is 0.694. The SMILES string of the molecule is CCCCC(CC)CNC(=O)OC. The van der Waals surface area contributed by atoms with Gasteiger partial charge < -0.3 is 10.1 Å². The highest BCUT2D eigenvalue weighted by Crippen LogP contribution is 2.10. The number of nitrogens with one attached hydrogen (secondary N) is 1. The first kappa shape index (κ1) is 12.3. The van der Waals surface area contributed by atoms with Crippen molar-refractivity contribution in [2.24, 2.45) is 5.92 Å². The van der Waals surface area contributed by atoms with E-state index in [1.165, 1.54) is 26.4 Å². The molecule has 0 aliphatic heterocycles. The lowest BCUT2D eigenvalue weighted by molar-refractivity contribution is 0.168. The first-order valence-electron chi connectivity index (χ1n) is 5.06. The second-order valence-electron chi connectivity index (χ2n) is 3.29. The molecule has 1 atom stereocenters. The molecule has 0 aromatic carbocycles. The molecular weight excluding hydrogens is 166 g/mol. The summed E-state index contributed by atoms with van der Waals surface area (Å²) >= 11 is 0. The number of ether oxygens (including phenoxy) is 1. The van der Waals surface area contributed by atoms with Gasteiger partial charge in [-0.1, -0.05) is 33.1 Å². The lowest BCUT2D eigenvalue weighted by atomic mass is 10.00. The smallest absolute Gasteiger partial charge is 0.406 e. The first-order valence-corrected chi connectivity index (χ1v) is 5.06. The molecule has 3 nitrogen and oxygen atoms in total. The molecule has 0 spiro atoms. The van der Waals surface area contributed by atoms with Gasteiger partial charge in [0.25, 0.3) is 0 Å². The van der Waals surface area contributed by atoms with Gasteiger partial charge in [0.2, 0.25) is 0 Å². The van der Waals surface area contributed by atoms with Gasteiger partial charge in [-0.05, 0) is 12.3 Å². The molecule has 0 aromatic rings. The number of alkyl carbamates (subject to hydrolysis) is 1. The normalized spacial score (nSPS) is 12.2. The van der Waals surface area contributed by atoms with Crippen LogP contribution in [0.1, 0.15) is 39.5 Å². The highest BCUT2D eigenvalue weighted by Gasteiger charge is 2.07. The van der Waals surface area contributed by atoms with E-state index >= 15 is 0 Å². The van der Waals surface area contributed by atoms with Crippen LogP contribution in [0.4, 0.5) is 4.79 Å². The van der Waals surface area contributed by atoms with E-state index in [-0.39, 0.29) is 6.09 Å². The Bertz CT molecular complexity index is 137. The number of rotatable bonds is 6. The first-order chi connectivity index (χ1) is 6.24. The zero-order chi connectivity index (χ0) is 10.1. The van der Waals surface area contributed by atoms with Gasteiger partial charge in [-0.25, -0.2) is 4.79 Å². The van der Waals surface area contributed by atoms with Crippen molar-refractivity contribution in [1.82, 2.24) is 5.32 Å². The van der Waals surface area contributed by atoms with E-state index in [1.807, 2.05) is 0 Å². The van der Waals surface area contributed by atoms with Crippen LogP contribution in [-0.4, -0.2) is 19.7 Å². The van der Waals surface area contributed by atoms with Gasteiger partial charge in [-0.2, -0.15) is 0 Å². The predicted octanol–water partition coefficient (Wildman–Crippen LogP) is 2.56. The van der Waals surface area contributed by atoms with Crippen molar-refractivity contribution in [3.8, 4) is 0 Å². The highest BCUT2D eigenvalue weighted by molar-refractivity contribution is 5.66. The maximum Gasteiger partial charge on any atom is 0.406 e. The van der Waals surface area contributed by atoms with E-state index in [1.54, 1.807) is 0 Å². The number of unbranched alkanes of at least 4 members (excludes halogenated alkanes) is 1. The molecule has 0 aromatic heterocycles. The van der Waals surface area contributed by atoms with Crippen molar-refractivity contribution >= 4 is 6.09 Å². The summed E-state index contributed by atoms with van der Waals surface area (Å²) in [5.41, 5.74) is 0. The van der Waals surface area contributed by atoms with Gasteiger partial charge in [0.1, 0.15) is 0 Å². The third-order valence-corrected chi connectivity index (χ3v) is 2.26. The predicted molar refractivity (Wildman–Crippen MR) is 53.7 cm³/mol. The summed E-state index contributed by atoms with van der Waals surface area (Å²) in [5, 5.41) is 2.73. The molecule has 0 radical (unpaired) electrons. The molecule has 0 aliphatic carbocycles. The number of carbonyl (C=O) groups excluding carboxylic acids is 1. The van der Waals surface area contributed by atoms with Crippen LogP contribution in [0.5, 0.6) is 0 Å². The molecule has 0 fully saturated rings. The van der Waals surface area contributed by atoms with Crippen LogP contribution in [-0.2, 0) is 4.74 Å². The summed E-state index contributed by atoms with van der Waals surface area (Å²) in [7, 11) is 1.39. The minimum Gasteiger partial charge on any atom is -0.453 e. The number of hydrogen-bond donors (Lipinski definition) is 1. The molecule has 0 rings (SSSR count). The van der Waals surface area contributed by atoms with Crippen molar-refractivity contribution in [1.29, 1.82) is 0 Å². The Balaban J connectivity index is 3.52. The molecule has 13 heavy (non-hydrogen) atoms. The van der Waals surface area contributed by atoms with Gasteiger partial charge in [-0.3, -0.25) is 0 Å². The summed E-state index contributed by atoms with van der Waals surface area (Å²) in [6.07, 6.45) is 4.44. The van der Waals surface area contributed by atoms with Crippen LogP contribution in [0.3, 0.4) is 0 Å². The molecule has 1 amide bonds. The van der Waals surface area contributed by atoms with Crippen LogP contribution in [0.15, 0.2) is 0 Å². The summed E-state index contributed by atoms with van der Waals surface area (Å²) in [6.45, 7) is 5.07. The molecular formula is C10H21NO2. The standard InChI is InChI=1S/C10H21NO2/c1-4-6-7-9(5-2)8-11-10(12)13-3/h9H,4-8H2,1-3H3,(H,11,12). The maximum atomic E-state index is 10.8. The maximum absolute atomic E-state index is 10.8. The Morgan fingerprint density at radius 1 is 1.46 bits per heavy atom. The molecule has 0 saturated carbocycles. The van der Waals surface area contributed by atoms with Crippen LogP contribution in [0.25, 0.3) is 0 Å². The van der Waals surface area contributed by atoms with Crippen LogP contribution in [0.2, 0.25) is 0 Å². The van der Waals surface area contributed by atoms with Crippen molar-refractivity contribution in [2.45, 2.75) is 39.5 Å². The second-order valence-corrected chi connectivity index (χ2v) is 3.29.